The molecule has 1 fully saturated rings. The lowest BCUT2D eigenvalue weighted by Crippen LogP contribution is -2.48. The second-order valence-corrected chi connectivity index (χ2v) is 4.32. The molecule has 0 aromatic rings. The Morgan fingerprint density at radius 1 is 1.47 bits per heavy atom. The van der Waals surface area contributed by atoms with Crippen LogP contribution in [0.4, 0.5) is 4.79 Å². The standard InChI is InChI=1S/C11H23N3O3/c1-16-8-10(17-2)7-13-9-3-5-14(6-4-9)11(12)15/h9-10,13H,3-8H2,1-2H3,(H2,12,15). The largest absolute Gasteiger partial charge is 0.382 e. The molecule has 1 unspecified atom stereocenters. The van der Waals surface area contributed by atoms with E-state index in [2.05, 4.69) is 5.32 Å². The van der Waals surface area contributed by atoms with Gasteiger partial charge in [-0.2, -0.15) is 0 Å². The zero-order valence-corrected chi connectivity index (χ0v) is 10.6. The van der Waals surface area contributed by atoms with Gasteiger partial charge in [0.25, 0.3) is 0 Å². The fraction of sp³-hybridized carbons (Fsp3) is 0.909. The Morgan fingerprint density at radius 3 is 2.59 bits per heavy atom. The van der Waals surface area contributed by atoms with Gasteiger partial charge in [-0.1, -0.05) is 0 Å². The lowest BCUT2D eigenvalue weighted by Gasteiger charge is -2.32. The average molecular weight is 245 g/mol. The quantitative estimate of drug-likeness (QED) is 0.678. The van der Waals surface area contributed by atoms with E-state index < -0.39 is 0 Å². The van der Waals surface area contributed by atoms with Crippen LogP contribution in [0.5, 0.6) is 0 Å². The number of amides is 2. The second kappa shape index (κ2) is 7.47. The van der Waals surface area contributed by atoms with Crippen LogP contribution >= 0.6 is 0 Å². The van der Waals surface area contributed by atoms with Crippen molar-refractivity contribution in [3.8, 4) is 0 Å². The molecule has 0 radical (unpaired) electrons. The Hall–Kier alpha value is -0.850. The number of primary amides is 1. The van der Waals surface area contributed by atoms with Crippen LogP contribution in [0, 0.1) is 0 Å². The summed E-state index contributed by atoms with van der Waals surface area (Å²) < 4.78 is 10.3. The van der Waals surface area contributed by atoms with E-state index in [4.69, 9.17) is 15.2 Å². The molecule has 100 valence electrons. The Kier molecular flexibility index (Phi) is 6.25. The number of likely N-dealkylation sites (tertiary alicyclic amines) is 1. The number of urea groups is 1. The number of hydrogen-bond acceptors (Lipinski definition) is 4. The van der Waals surface area contributed by atoms with Crippen LogP contribution in [-0.2, 0) is 9.47 Å². The van der Waals surface area contributed by atoms with Crippen molar-refractivity contribution in [1.82, 2.24) is 10.2 Å². The molecule has 0 aromatic carbocycles. The van der Waals surface area contributed by atoms with Crippen molar-refractivity contribution in [3.63, 3.8) is 0 Å². The van der Waals surface area contributed by atoms with Crippen molar-refractivity contribution in [3.05, 3.63) is 0 Å². The van der Waals surface area contributed by atoms with Crippen molar-refractivity contribution < 1.29 is 14.3 Å². The van der Waals surface area contributed by atoms with Crippen molar-refractivity contribution in [1.29, 1.82) is 0 Å². The fourth-order valence-electron chi connectivity index (χ4n) is 2.00. The number of carbonyl (C=O) groups is 1. The summed E-state index contributed by atoms with van der Waals surface area (Å²) in [5.41, 5.74) is 5.23. The normalized spacial score (nSPS) is 19.3. The summed E-state index contributed by atoms with van der Waals surface area (Å²) in [5.74, 6) is 0. The SMILES string of the molecule is COCC(CNC1CCN(C(N)=O)CC1)OC. The van der Waals surface area contributed by atoms with Crippen LogP contribution in [-0.4, -0.2) is 63.5 Å². The highest BCUT2D eigenvalue weighted by Crippen LogP contribution is 2.09. The van der Waals surface area contributed by atoms with E-state index in [1.54, 1.807) is 19.1 Å². The highest BCUT2D eigenvalue weighted by Gasteiger charge is 2.21. The van der Waals surface area contributed by atoms with Gasteiger partial charge in [-0.15, -0.1) is 0 Å². The Morgan fingerprint density at radius 2 is 2.12 bits per heavy atom. The molecular formula is C11H23N3O3. The average Bonchev–Trinajstić information content (AvgIpc) is 2.35. The summed E-state index contributed by atoms with van der Waals surface area (Å²) in [6, 6.07) is 0.109. The minimum Gasteiger partial charge on any atom is -0.382 e. The number of nitrogens with zero attached hydrogens (tertiary/aromatic N) is 1. The number of rotatable bonds is 6. The Balaban J connectivity index is 2.19. The van der Waals surface area contributed by atoms with Gasteiger partial charge < -0.3 is 25.4 Å². The first kappa shape index (κ1) is 14.2. The van der Waals surface area contributed by atoms with E-state index in [1.807, 2.05) is 0 Å². The van der Waals surface area contributed by atoms with Gasteiger partial charge in [-0.3, -0.25) is 0 Å². The molecule has 0 aliphatic carbocycles. The maximum Gasteiger partial charge on any atom is 0.314 e. The van der Waals surface area contributed by atoms with Gasteiger partial charge in [0.15, 0.2) is 0 Å². The summed E-state index contributed by atoms with van der Waals surface area (Å²) in [5, 5.41) is 3.43. The van der Waals surface area contributed by atoms with E-state index in [0.717, 1.165) is 32.5 Å². The highest BCUT2D eigenvalue weighted by atomic mass is 16.5. The van der Waals surface area contributed by atoms with Crippen LogP contribution in [0.1, 0.15) is 12.8 Å². The van der Waals surface area contributed by atoms with Gasteiger partial charge >= 0.3 is 6.03 Å². The third kappa shape index (κ3) is 4.89. The number of ether oxygens (including phenoxy) is 2. The first-order valence-electron chi connectivity index (χ1n) is 5.96. The first-order valence-corrected chi connectivity index (χ1v) is 5.96. The smallest absolute Gasteiger partial charge is 0.314 e. The van der Waals surface area contributed by atoms with Crippen molar-refractivity contribution >= 4 is 6.03 Å². The molecule has 3 N–H and O–H groups in total. The third-order valence-corrected chi connectivity index (χ3v) is 3.13. The van der Waals surface area contributed by atoms with E-state index in [0.29, 0.717) is 12.6 Å². The van der Waals surface area contributed by atoms with Crippen molar-refractivity contribution in [2.24, 2.45) is 5.73 Å². The summed E-state index contributed by atoms with van der Waals surface area (Å²) >= 11 is 0. The van der Waals surface area contributed by atoms with E-state index in [1.165, 1.54) is 0 Å². The molecule has 0 spiro atoms. The predicted octanol–water partition coefficient (Wildman–Crippen LogP) is -0.219. The number of piperidine rings is 1. The molecule has 1 atom stereocenters. The first-order chi connectivity index (χ1) is 8.17. The molecule has 17 heavy (non-hydrogen) atoms. The van der Waals surface area contributed by atoms with Gasteiger partial charge in [0, 0.05) is 39.9 Å². The topological polar surface area (TPSA) is 76.8 Å². The monoisotopic (exact) mass is 245 g/mol. The Bertz CT molecular complexity index is 230. The summed E-state index contributed by atoms with van der Waals surface area (Å²) in [6.07, 6.45) is 1.95. The van der Waals surface area contributed by atoms with Gasteiger partial charge in [0.1, 0.15) is 0 Å². The van der Waals surface area contributed by atoms with Gasteiger partial charge in [-0.05, 0) is 12.8 Å². The lowest BCUT2D eigenvalue weighted by atomic mass is 10.1. The summed E-state index contributed by atoms with van der Waals surface area (Å²) in [7, 11) is 3.35. The maximum atomic E-state index is 10.9. The third-order valence-electron chi connectivity index (χ3n) is 3.13. The van der Waals surface area contributed by atoms with Crippen LogP contribution in [0.3, 0.4) is 0 Å². The van der Waals surface area contributed by atoms with E-state index >= 15 is 0 Å². The molecule has 0 bridgehead atoms. The zero-order valence-electron chi connectivity index (χ0n) is 10.6. The molecule has 1 saturated heterocycles. The molecule has 0 saturated carbocycles. The summed E-state index contributed by atoms with van der Waals surface area (Å²) in [6.45, 7) is 2.82. The molecule has 6 nitrogen and oxygen atoms in total. The molecule has 2 amide bonds. The van der Waals surface area contributed by atoms with Crippen molar-refractivity contribution in [2.75, 3.05) is 40.5 Å². The minimum absolute atomic E-state index is 0.0779. The second-order valence-electron chi connectivity index (χ2n) is 4.32. The van der Waals surface area contributed by atoms with Gasteiger partial charge in [0.05, 0.1) is 12.7 Å². The number of methoxy groups -OCH3 is 2. The molecule has 1 heterocycles. The van der Waals surface area contributed by atoms with Crippen LogP contribution in [0.15, 0.2) is 0 Å². The van der Waals surface area contributed by atoms with Gasteiger partial charge in [0.2, 0.25) is 0 Å². The van der Waals surface area contributed by atoms with Gasteiger partial charge in [-0.25, -0.2) is 4.79 Å². The van der Waals surface area contributed by atoms with Crippen LogP contribution in [0.2, 0.25) is 0 Å². The fourth-order valence-corrected chi connectivity index (χ4v) is 2.00. The predicted molar refractivity (Wildman–Crippen MR) is 64.9 cm³/mol. The minimum atomic E-state index is -0.322. The number of nitrogens with one attached hydrogen (secondary N) is 1. The molecular weight excluding hydrogens is 222 g/mol. The van der Waals surface area contributed by atoms with Crippen LogP contribution < -0.4 is 11.1 Å². The van der Waals surface area contributed by atoms with E-state index in [-0.39, 0.29) is 12.1 Å². The van der Waals surface area contributed by atoms with Crippen molar-refractivity contribution in [2.45, 2.75) is 25.0 Å². The lowest BCUT2D eigenvalue weighted by molar-refractivity contribution is 0.0261. The molecule has 1 rings (SSSR count). The molecule has 1 aliphatic rings. The number of carbonyl (C=O) groups excluding carboxylic acids is 1. The molecule has 1 aliphatic heterocycles. The highest BCUT2D eigenvalue weighted by molar-refractivity contribution is 5.72. The summed E-state index contributed by atoms with van der Waals surface area (Å²) in [4.78, 5) is 12.6. The van der Waals surface area contributed by atoms with Crippen LogP contribution in [0.25, 0.3) is 0 Å². The zero-order chi connectivity index (χ0) is 12.7. The molecule has 0 aromatic heterocycles. The number of hydrogen-bond donors (Lipinski definition) is 2. The van der Waals surface area contributed by atoms with E-state index in [9.17, 15) is 4.79 Å². The maximum absolute atomic E-state index is 10.9. The number of nitrogens with two attached hydrogens (primary N) is 1. The Labute approximate surface area is 102 Å². The molecule has 6 heteroatoms.